The van der Waals surface area contributed by atoms with Gasteiger partial charge < -0.3 is 4.74 Å². The molecule has 0 radical (unpaired) electrons. The Kier molecular flexibility index (Phi) is 5.83. The third-order valence-corrected chi connectivity index (χ3v) is 4.35. The van der Waals surface area contributed by atoms with Crippen LogP contribution in [-0.2, 0) is 4.79 Å². The monoisotopic (exact) mass is 356 g/mol. The maximum atomic E-state index is 11.7. The molecule has 0 saturated heterocycles. The lowest BCUT2D eigenvalue weighted by Crippen LogP contribution is -2.25. The van der Waals surface area contributed by atoms with Crippen molar-refractivity contribution >= 4 is 46.2 Å². The fraction of sp³-hybridized carbons (Fsp3) is 0.200. The van der Waals surface area contributed by atoms with E-state index in [1.807, 2.05) is 13.0 Å². The standard InChI is InChI=1S/C15H14Cl2N2O2S/c1-9-7-11(16)3-4-12(9)21-8-15(20)19-18-10(2)13-5-6-14(17)22-13/h3-7H,8H2,1-2H3,(H,19,20). The largest absolute Gasteiger partial charge is 0.483 e. The molecule has 0 saturated carbocycles. The van der Waals surface area contributed by atoms with Crippen LogP contribution in [0.25, 0.3) is 0 Å². The van der Waals surface area contributed by atoms with Crippen molar-refractivity contribution in [2.45, 2.75) is 13.8 Å². The van der Waals surface area contributed by atoms with E-state index in [4.69, 9.17) is 27.9 Å². The first-order valence-electron chi connectivity index (χ1n) is 6.43. The molecule has 7 heteroatoms. The van der Waals surface area contributed by atoms with Crippen LogP contribution in [-0.4, -0.2) is 18.2 Å². The van der Waals surface area contributed by atoms with Gasteiger partial charge >= 0.3 is 0 Å². The Bertz CT molecular complexity index is 713. The second-order valence-corrected chi connectivity index (χ2v) is 6.69. The maximum Gasteiger partial charge on any atom is 0.277 e. The van der Waals surface area contributed by atoms with Crippen molar-refractivity contribution in [3.05, 3.63) is 50.1 Å². The maximum absolute atomic E-state index is 11.7. The molecule has 1 heterocycles. The number of aryl methyl sites for hydroxylation is 1. The van der Waals surface area contributed by atoms with Crippen LogP contribution in [0, 0.1) is 6.92 Å². The zero-order valence-corrected chi connectivity index (χ0v) is 14.4. The number of nitrogens with one attached hydrogen (secondary N) is 1. The number of nitrogens with zero attached hydrogens (tertiary/aromatic N) is 1. The minimum atomic E-state index is -0.337. The topological polar surface area (TPSA) is 50.7 Å². The molecule has 1 aromatic heterocycles. The van der Waals surface area contributed by atoms with Crippen molar-refractivity contribution in [2.24, 2.45) is 5.10 Å². The smallest absolute Gasteiger partial charge is 0.277 e. The summed E-state index contributed by atoms with van der Waals surface area (Å²) in [4.78, 5) is 12.6. The second kappa shape index (κ2) is 7.63. The number of hydrogen-bond acceptors (Lipinski definition) is 4. The molecule has 22 heavy (non-hydrogen) atoms. The van der Waals surface area contributed by atoms with Crippen molar-refractivity contribution in [1.82, 2.24) is 5.43 Å². The van der Waals surface area contributed by atoms with Crippen LogP contribution in [0.5, 0.6) is 5.75 Å². The summed E-state index contributed by atoms with van der Waals surface area (Å²) in [7, 11) is 0. The number of halogens is 2. The lowest BCUT2D eigenvalue weighted by atomic mass is 10.2. The zero-order chi connectivity index (χ0) is 16.1. The highest BCUT2D eigenvalue weighted by Gasteiger charge is 2.06. The predicted molar refractivity (Wildman–Crippen MR) is 91.4 cm³/mol. The van der Waals surface area contributed by atoms with Gasteiger partial charge in [0, 0.05) is 5.02 Å². The van der Waals surface area contributed by atoms with Crippen molar-refractivity contribution in [2.75, 3.05) is 6.61 Å². The van der Waals surface area contributed by atoms with E-state index < -0.39 is 0 Å². The van der Waals surface area contributed by atoms with E-state index in [1.54, 1.807) is 31.2 Å². The molecule has 0 unspecified atom stereocenters. The number of hydrogen-bond donors (Lipinski definition) is 1. The van der Waals surface area contributed by atoms with E-state index >= 15 is 0 Å². The summed E-state index contributed by atoms with van der Waals surface area (Å²) < 4.78 is 6.12. The van der Waals surface area contributed by atoms with Gasteiger partial charge in [-0.05, 0) is 49.7 Å². The summed E-state index contributed by atoms with van der Waals surface area (Å²) in [5.74, 6) is 0.279. The number of amides is 1. The minimum absolute atomic E-state index is 0.121. The van der Waals surface area contributed by atoms with E-state index in [1.165, 1.54) is 11.3 Å². The number of carbonyl (C=O) groups is 1. The van der Waals surface area contributed by atoms with Gasteiger partial charge in [-0.2, -0.15) is 5.10 Å². The molecule has 1 N–H and O–H groups in total. The van der Waals surface area contributed by atoms with Gasteiger partial charge in [0.2, 0.25) is 0 Å². The number of thiophene rings is 1. The summed E-state index contributed by atoms with van der Waals surface area (Å²) in [6.07, 6.45) is 0. The number of rotatable bonds is 5. The van der Waals surface area contributed by atoms with Gasteiger partial charge in [-0.3, -0.25) is 4.79 Å². The van der Waals surface area contributed by atoms with E-state index in [0.29, 0.717) is 20.8 Å². The average molecular weight is 357 g/mol. The van der Waals surface area contributed by atoms with Crippen LogP contribution in [0.2, 0.25) is 9.36 Å². The summed E-state index contributed by atoms with van der Waals surface area (Å²) in [6, 6.07) is 8.86. The lowest BCUT2D eigenvalue weighted by Gasteiger charge is -2.08. The molecule has 1 amide bonds. The molecular formula is C15H14Cl2N2O2S. The van der Waals surface area contributed by atoms with Gasteiger partial charge in [-0.25, -0.2) is 5.43 Å². The molecule has 1 aromatic carbocycles. The van der Waals surface area contributed by atoms with Crippen LogP contribution in [0.4, 0.5) is 0 Å². The van der Waals surface area contributed by atoms with Gasteiger partial charge in [-0.15, -0.1) is 11.3 Å². The van der Waals surface area contributed by atoms with Crippen LogP contribution in [0.1, 0.15) is 17.4 Å². The average Bonchev–Trinajstić information content (AvgIpc) is 2.90. The molecular weight excluding hydrogens is 343 g/mol. The third kappa shape index (κ3) is 4.73. The van der Waals surface area contributed by atoms with E-state index in [-0.39, 0.29) is 12.5 Å². The fourth-order valence-electron chi connectivity index (χ4n) is 1.66. The Hall–Kier alpha value is -1.56. The fourth-order valence-corrected chi connectivity index (χ4v) is 2.87. The first-order chi connectivity index (χ1) is 10.5. The number of hydrazone groups is 1. The third-order valence-electron chi connectivity index (χ3n) is 2.77. The van der Waals surface area contributed by atoms with Crippen LogP contribution >= 0.6 is 34.5 Å². The molecule has 0 spiro atoms. The van der Waals surface area contributed by atoms with Crippen molar-refractivity contribution in [1.29, 1.82) is 0 Å². The Morgan fingerprint density at radius 3 is 2.73 bits per heavy atom. The van der Waals surface area contributed by atoms with Gasteiger partial charge in [0.25, 0.3) is 5.91 Å². The van der Waals surface area contributed by atoms with Gasteiger partial charge in [-0.1, -0.05) is 23.2 Å². The molecule has 0 aliphatic carbocycles. The molecule has 2 rings (SSSR count). The van der Waals surface area contributed by atoms with Crippen molar-refractivity contribution < 1.29 is 9.53 Å². The van der Waals surface area contributed by atoms with Gasteiger partial charge in [0.05, 0.1) is 14.9 Å². The van der Waals surface area contributed by atoms with Crippen LogP contribution in [0.3, 0.4) is 0 Å². The van der Waals surface area contributed by atoms with E-state index in [2.05, 4.69) is 10.5 Å². The molecule has 116 valence electrons. The van der Waals surface area contributed by atoms with Gasteiger partial charge in [0.1, 0.15) is 5.75 Å². The second-order valence-electron chi connectivity index (χ2n) is 4.53. The van der Waals surface area contributed by atoms with Crippen LogP contribution in [0.15, 0.2) is 35.4 Å². The van der Waals surface area contributed by atoms with E-state index in [0.717, 1.165) is 10.4 Å². The summed E-state index contributed by atoms with van der Waals surface area (Å²) in [6.45, 7) is 3.54. The highest BCUT2D eigenvalue weighted by molar-refractivity contribution is 7.18. The normalized spacial score (nSPS) is 11.4. The van der Waals surface area contributed by atoms with Crippen molar-refractivity contribution in [3.8, 4) is 5.75 Å². The molecule has 0 aliphatic rings. The molecule has 0 fully saturated rings. The highest BCUT2D eigenvalue weighted by Crippen LogP contribution is 2.22. The van der Waals surface area contributed by atoms with Gasteiger partial charge in [0.15, 0.2) is 6.61 Å². The predicted octanol–water partition coefficient (Wildman–Crippen LogP) is 4.28. The SMILES string of the molecule is CC(=NNC(=O)COc1ccc(Cl)cc1C)c1ccc(Cl)s1. The van der Waals surface area contributed by atoms with Crippen LogP contribution < -0.4 is 10.2 Å². The molecule has 0 bridgehead atoms. The Balaban J connectivity index is 1.88. The van der Waals surface area contributed by atoms with Crippen molar-refractivity contribution in [3.63, 3.8) is 0 Å². The summed E-state index contributed by atoms with van der Waals surface area (Å²) >= 11 is 13.1. The molecule has 0 aliphatic heterocycles. The molecule has 0 atom stereocenters. The van der Waals surface area contributed by atoms with E-state index in [9.17, 15) is 4.79 Å². The highest BCUT2D eigenvalue weighted by atomic mass is 35.5. The number of benzene rings is 1. The number of carbonyl (C=O) groups excluding carboxylic acids is 1. The summed E-state index contributed by atoms with van der Waals surface area (Å²) in [5, 5.41) is 4.65. The summed E-state index contributed by atoms with van der Waals surface area (Å²) in [5.41, 5.74) is 4.01. The number of ether oxygens (including phenoxy) is 1. The Labute approximate surface area is 142 Å². The quantitative estimate of drug-likeness (QED) is 0.641. The minimum Gasteiger partial charge on any atom is -0.483 e. The first kappa shape index (κ1) is 16.8. The molecule has 4 nitrogen and oxygen atoms in total. The Morgan fingerprint density at radius 1 is 1.32 bits per heavy atom. The zero-order valence-electron chi connectivity index (χ0n) is 12.0. The lowest BCUT2D eigenvalue weighted by molar-refractivity contribution is -0.123. The Morgan fingerprint density at radius 2 is 2.09 bits per heavy atom. The molecule has 2 aromatic rings. The first-order valence-corrected chi connectivity index (χ1v) is 8.01.